The van der Waals surface area contributed by atoms with E-state index in [0.717, 1.165) is 19.6 Å². The fourth-order valence-corrected chi connectivity index (χ4v) is 2.78. The molecule has 0 bridgehead atoms. The van der Waals surface area contributed by atoms with E-state index in [1.54, 1.807) is 12.0 Å². The standard InChI is InChI=1S/C17H32N4O3.HI/c1-16(2,3)24-15(22)21-10-8-20(9-11-21)14(18)19-13-17(5-6-17)7-12-23-4;/h5-13H2,1-4H3,(H2,18,19);1H. The fraction of sp³-hybridized carbons (Fsp3) is 0.882. The molecule has 8 heteroatoms. The molecular weight excluding hydrogens is 435 g/mol. The maximum atomic E-state index is 12.1. The highest BCUT2D eigenvalue weighted by Gasteiger charge is 2.42. The SMILES string of the molecule is COCCC1(CN=C(N)N2CCN(C(=O)OC(C)(C)C)CC2)CC1.I. The number of halogens is 1. The Morgan fingerprint density at radius 1 is 1.16 bits per heavy atom. The number of nitrogens with zero attached hydrogens (tertiary/aromatic N) is 3. The van der Waals surface area contributed by atoms with Gasteiger partial charge in [0.2, 0.25) is 0 Å². The molecule has 0 aromatic rings. The topological polar surface area (TPSA) is 80.4 Å². The van der Waals surface area contributed by atoms with Gasteiger partial charge >= 0.3 is 6.09 Å². The van der Waals surface area contributed by atoms with Gasteiger partial charge < -0.3 is 25.0 Å². The van der Waals surface area contributed by atoms with Gasteiger partial charge in [0.05, 0.1) is 0 Å². The summed E-state index contributed by atoms with van der Waals surface area (Å²) in [5.74, 6) is 0.586. The van der Waals surface area contributed by atoms with Crippen LogP contribution in [0, 0.1) is 5.41 Å². The second kappa shape index (κ2) is 9.25. The summed E-state index contributed by atoms with van der Waals surface area (Å²) in [7, 11) is 1.73. The van der Waals surface area contributed by atoms with Crippen LogP contribution in [0.3, 0.4) is 0 Å². The predicted molar refractivity (Wildman–Crippen MR) is 109 cm³/mol. The van der Waals surface area contributed by atoms with Crippen LogP contribution in [0.1, 0.15) is 40.0 Å². The predicted octanol–water partition coefficient (Wildman–Crippen LogP) is 2.29. The maximum Gasteiger partial charge on any atom is 0.410 e. The van der Waals surface area contributed by atoms with Gasteiger partial charge in [0.15, 0.2) is 5.96 Å². The zero-order valence-electron chi connectivity index (χ0n) is 15.9. The van der Waals surface area contributed by atoms with E-state index in [1.807, 2.05) is 25.7 Å². The Labute approximate surface area is 168 Å². The Hall–Kier alpha value is -0.770. The number of nitrogens with two attached hydrogens (primary N) is 1. The van der Waals surface area contributed by atoms with Crippen molar-refractivity contribution >= 4 is 36.0 Å². The normalized spacial score (nSPS) is 20.1. The summed E-state index contributed by atoms with van der Waals surface area (Å²) in [6, 6.07) is 0. The molecule has 1 heterocycles. The van der Waals surface area contributed by atoms with Crippen molar-refractivity contribution in [3.8, 4) is 0 Å². The fourth-order valence-electron chi connectivity index (χ4n) is 2.78. The van der Waals surface area contributed by atoms with Crippen molar-refractivity contribution in [2.24, 2.45) is 16.1 Å². The molecule has 2 N–H and O–H groups in total. The minimum atomic E-state index is -0.463. The van der Waals surface area contributed by atoms with Crippen molar-refractivity contribution in [3.63, 3.8) is 0 Å². The van der Waals surface area contributed by atoms with Crippen LogP contribution in [0.2, 0.25) is 0 Å². The molecule has 25 heavy (non-hydrogen) atoms. The zero-order valence-corrected chi connectivity index (χ0v) is 18.2. The highest BCUT2D eigenvalue weighted by Crippen LogP contribution is 2.48. The van der Waals surface area contributed by atoms with Gasteiger partial charge in [-0.25, -0.2) is 4.79 Å². The Morgan fingerprint density at radius 2 is 1.72 bits per heavy atom. The van der Waals surface area contributed by atoms with Crippen LogP contribution in [0.4, 0.5) is 4.79 Å². The van der Waals surface area contributed by atoms with Gasteiger partial charge in [-0.2, -0.15) is 0 Å². The van der Waals surface area contributed by atoms with Crippen molar-refractivity contribution in [1.29, 1.82) is 0 Å². The molecule has 2 aliphatic rings. The third-order valence-electron chi connectivity index (χ3n) is 4.63. The summed E-state index contributed by atoms with van der Waals surface area (Å²) in [6.45, 7) is 9.80. The van der Waals surface area contributed by atoms with Gasteiger partial charge in [-0.15, -0.1) is 24.0 Å². The molecule has 0 aromatic heterocycles. The maximum absolute atomic E-state index is 12.1. The lowest BCUT2D eigenvalue weighted by atomic mass is 10.0. The van der Waals surface area contributed by atoms with Gasteiger partial charge in [0, 0.05) is 46.4 Å². The van der Waals surface area contributed by atoms with Gasteiger partial charge in [-0.3, -0.25) is 4.99 Å². The molecule has 1 saturated carbocycles. The van der Waals surface area contributed by atoms with Crippen LogP contribution < -0.4 is 5.73 Å². The second-order valence-corrected chi connectivity index (χ2v) is 7.87. The lowest BCUT2D eigenvalue weighted by Crippen LogP contribution is -2.53. The van der Waals surface area contributed by atoms with Crippen LogP contribution in [-0.2, 0) is 9.47 Å². The number of hydrogen-bond donors (Lipinski definition) is 1. The summed E-state index contributed by atoms with van der Waals surface area (Å²) in [5.41, 5.74) is 5.99. The third kappa shape index (κ3) is 7.16. The average molecular weight is 468 g/mol. The van der Waals surface area contributed by atoms with Crippen molar-refractivity contribution in [1.82, 2.24) is 9.80 Å². The van der Waals surface area contributed by atoms with E-state index in [-0.39, 0.29) is 30.1 Å². The number of amides is 1. The minimum absolute atomic E-state index is 0. The van der Waals surface area contributed by atoms with E-state index in [9.17, 15) is 4.79 Å². The first-order chi connectivity index (χ1) is 11.2. The highest BCUT2D eigenvalue weighted by atomic mass is 127. The van der Waals surface area contributed by atoms with Crippen LogP contribution in [0.25, 0.3) is 0 Å². The average Bonchev–Trinajstić information content (AvgIpc) is 3.29. The minimum Gasteiger partial charge on any atom is -0.444 e. The van der Waals surface area contributed by atoms with E-state index in [0.29, 0.717) is 37.6 Å². The molecule has 2 fully saturated rings. The number of guanidine groups is 1. The molecule has 1 aliphatic carbocycles. The molecule has 146 valence electrons. The molecule has 0 unspecified atom stereocenters. The molecule has 2 rings (SSSR count). The first kappa shape index (κ1) is 22.3. The molecule has 0 aromatic carbocycles. The third-order valence-corrected chi connectivity index (χ3v) is 4.63. The number of hydrogen-bond acceptors (Lipinski definition) is 4. The Bertz CT molecular complexity index is 467. The van der Waals surface area contributed by atoms with Crippen LogP contribution >= 0.6 is 24.0 Å². The van der Waals surface area contributed by atoms with Gasteiger partial charge in [0.1, 0.15) is 5.60 Å². The van der Waals surface area contributed by atoms with E-state index in [4.69, 9.17) is 15.2 Å². The smallest absolute Gasteiger partial charge is 0.410 e. The second-order valence-electron chi connectivity index (χ2n) is 7.87. The first-order valence-corrected chi connectivity index (χ1v) is 8.76. The summed E-state index contributed by atoms with van der Waals surface area (Å²) in [6.07, 6.45) is 3.21. The Balaban J connectivity index is 0.00000312. The number of aliphatic imine (C=N–C) groups is 1. The number of rotatable bonds is 5. The monoisotopic (exact) mass is 468 g/mol. The van der Waals surface area contributed by atoms with E-state index in [2.05, 4.69) is 4.99 Å². The molecule has 0 atom stereocenters. The molecule has 0 radical (unpaired) electrons. The van der Waals surface area contributed by atoms with E-state index >= 15 is 0 Å². The number of piperazine rings is 1. The van der Waals surface area contributed by atoms with Crippen molar-refractivity contribution in [2.45, 2.75) is 45.6 Å². The molecule has 1 saturated heterocycles. The molecule has 0 spiro atoms. The lowest BCUT2D eigenvalue weighted by Gasteiger charge is -2.36. The van der Waals surface area contributed by atoms with Crippen LogP contribution in [0.15, 0.2) is 4.99 Å². The Morgan fingerprint density at radius 3 is 2.20 bits per heavy atom. The van der Waals surface area contributed by atoms with Gasteiger partial charge in [-0.1, -0.05) is 0 Å². The largest absolute Gasteiger partial charge is 0.444 e. The summed E-state index contributed by atoms with van der Waals surface area (Å²) < 4.78 is 10.6. The first-order valence-electron chi connectivity index (χ1n) is 8.76. The van der Waals surface area contributed by atoms with Crippen molar-refractivity contribution < 1.29 is 14.3 Å². The van der Waals surface area contributed by atoms with E-state index in [1.165, 1.54) is 12.8 Å². The summed E-state index contributed by atoms with van der Waals surface area (Å²) in [5, 5.41) is 0. The highest BCUT2D eigenvalue weighted by molar-refractivity contribution is 14.0. The summed E-state index contributed by atoms with van der Waals surface area (Å²) in [4.78, 5) is 20.4. The molecular formula is C17H33IN4O3. The number of methoxy groups -OCH3 is 1. The van der Waals surface area contributed by atoms with Gasteiger partial charge in [-0.05, 0) is 45.4 Å². The molecule has 7 nitrogen and oxygen atoms in total. The van der Waals surface area contributed by atoms with Crippen LogP contribution in [0.5, 0.6) is 0 Å². The van der Waals surface area contributed by atoms with Crippen LogP contribution in [-0.4, -0.2) is 73.9 Å². The molecule has 1 amide bonds. The summed E-state index contributed by atoms with van der Waals surface area (Å²) >= 11 is 0. The van der Waals surface area contributed by atoms with Gasteiger partial charge in [0.25, 0.3) is 0 Å². The quantitative estimate of drug-likeness (QED) is 0.381. The number of carbonyl (C=O) groups excluding carboxylic acids is 1. The lowest BCUT2D eigenvalue weighted by molar-refractivity contribution is 0.0186. The number of ether oxygens (including phenoxy) is 2. The van der Waals surface area contributed by atoms with Crippen molar-refractivity contribution in [2.75, 3.05) is 46.4 Å². The van der Waals surface area contributed by atoms with E-state index < -0.39 is 5.60 Å². The Kier molecular flexibility index (Phi) is 8.24. The molecule has 1 aliphatic heterocycles. The van der Waals surface area contributed by atoms with Crippen molar-refractivity contribution in [3.05, 3.63) is 0 Å². The number of carbonyl (C=O) groups is 1. The zero-order chi connectivity index (χ0) is 17.8.